The lowest BCUT2D eigenvalue weighted by Gasteiger charge is -2.33. The first-order valence-electron chi connectivity index (χ1n) is 13.3. The van der Waals surface area contributed by atoms with Crippen molar-refractivity contribution in [2.45, 2.75) is 44.9 Å². The molecule has 3 aromatic carbocycles. The summed E-state index contributed by atoms with van der Waals surface area (Å²) in [5.41, 5.74) is -0.0420. The molecule has 0 fully saturated rings. The van der Waals surface area contributed by atoms with Crippen molar-refractivity contribution in [3.05, 3.63) is 101 Å². The van der Waals surface area contributed by atoms with E-state index < -0.39 is 46.2 Å². The maximum atomic E-state index is 14.0. The lowest BCUT2D eigenvalue weighted by molar-refractivity contribution is -0.140. The molecular formula is C30H33ClF3N3O4S. The predicted octanol–water partition coefficient (Wildman–Crippen LogP) is 5.68. The van der Waals surface area contributed by atoms with Crippen LogP contribution in [0, 0.1) is 0 Å². The quantitative estimate of drug-likeness (QED) is 0.248. The number of nitrogens with zero attached hydrogens (tertiary/aromatic N) is 2. The van der Waals surface area contributed by atoms with E-state index in [0.29, 0.717) is 33.9 Å². The molecule has 226 valence electrons. The number of hydrogen-bond donors (Lipinski definition) is 1. The summed E-state index contributed by atoms with van der Waals surface area (Å²) in [4.78, 5) is 28.8. The van der Waals surface area contributed by atoms with Crippen molar-refractivity contribution in [1.82, 2.24) is 10.2 Å². The number of halogens is 4. The van der Waals surface area contributed by atoms with Gasteiger partial charge in [-0.25, -0.2) is 8.42 Å². The summed E-state index contributed by atoms with van der Waals surface area (Å²) < 4.78 is 66.5. The minimum atomic E-state index is -4.72. The summed E-state index contributed by atoms with van der Waals surface area (Å²) >= 11 is 6.18. The summed E-state index contributed by atoms with van der Waals surface area (Å²) in [7, 11) is -4.21. The minimum absolute atomic E-state index is 0.0989. The maximum absolute atomic E-state index is 14.0. The van der Waals surface area contributed by atoms with Crippen LogP contribution in [0.4, 0.5) is 18.9 Å². The summed E-state index contributed by atoms with van der Waals surface area (Å²) in [6.45, 7) is 1.42. The summed E-state index contributed by atoms with van der Waals surface area (Å²) in [6.07, 6.45) is -2.26. The Morgan fingerprint density at radius 2 is 1.62 bits per heavy atom. The number of benzene rings is 3. The SMILES string of the molecule is CCCCNC(=O)[C@H](Cc1ccccc1)N(Cc1cccc(Cl)c1)C(=O)CN(c1cccc(C(F)(F)F)c1)S(C)(=O)=O. The molecule has 2 amide bonds. The van der Waals surface area contributed by atoms with Gasteiger partial charge in [-0.05, 0) is 47.9 Å². The lowest BCUT2D eigenvalue weighted by Crippen LogP contribution is -2.53. The van der Waals surface area contributed by atoms with Crippen LogP contribution in [-0.4, -0.2) is 50.5 Å². The molecule has 0 bridgehead atoms. The van der Waals surface area contributed by atoms with Gasteiger partial charge in [0, 0.05) is 24.5 Å². The number of hydrogen-bond acceptors (Lipinski definition) is 4. The number of alkyl halides is 3. The van der Waals surface area contributed by atoms with Crippen LogP contribution < -0.4 is 9.62 Å². The van der Waals surface area contributed by atoms with Gasteiger partial charge in [0.1, 0.15) is 12.6 Å². The second kappa shape index (κ2) is 14.6. The molecule has 0 heterocycles. The number of carbonyl (C=O) groups is 2. The van der Waals surface area contributed by atoms with Crippen LogP contribution in [0.1, 0.15) is 36.5 Å². The minimum Gasteiger partial charge on any atom is -0.354 e. The number of nitrogens with one attached hydrogen (secondary N) is 1. The van der Waals surface area contributed by atoms with Gasteiger partial charge in [-0.1, -0.05) is 73.5 Å². The summed E-state index contributed by atoms with van der Waals surface area (Å²) in [5, 5.41) is 3.26. The van der Waals surface area contributed by atoms with Crippen LogP contribution in [0.15, 0.2) is 78.9 Å². The number of carbonyl (C=O) groups excluding carboxylic acids is 2. The Balaban J connectivity index is 2.06. The van der Waals surface area contributed by atoms with Crippen molar-refractivity contribution in [3.8, 4) is 0 Å². The van der Waals surface area contributed by atoms with Gasteiger partial charge in [-0.3, -0.25) is 13.9 Å². The van der Waals surface area contributed by atoms with E-state index in [-0.39, 0.29) is 18.7 Å². The molecule has 0 aliphatic heterocycles. The van der Waals surface area contributed by atoms with E-state index in [1.807, 2.05) is 13.0 Å². The number of anilines is 1. The van der Waals surface area contributed by atoms with Crippen molar-refractivity contribution < 1.29 is 31.2 Å². The summed E-state index contributed by atoms with van der Waals surface area (Å²) in [6, 6.07) is 18.4. The zero-order valence-electron chi connectivity index (χ0n) is 23.3. The number of amides is 2. The number of rotatable bonds is 13. The second-order valence-corrected chi connectivity index (χ2v) is 12.2. The molecule has 0 spiro atoms. The van der Waals surface area contributed by atoms with Crippen LogP contribution in [-0.2, 0) is 38.8 Å². The Hall–Kier alpha value is -3.57. The van der Waals surface area contributed by atoms with Crippen LogP contribution >= 0.6 is 11.6 Å². The average molecular weight is 624 g/mol. The van der Waals surface area contributed by atoms with E-state index in [2.05, 4.69) is 5.32 Å². The van der Waals surface area contributed by atoms with E-state index in [1.54, 1.807) is 48.5 Å². The molecular weight excluding hydrogens is 591 g/mol. The fourth-order valence-electron chi connectivity index (χ4n) is 4.34. The first kappa shape index (κ1) is 32.9. The van der Waals surface area contributed by atoms with Crippen LogP contribution in [0.5, 0.6) is 0 Å². The van der Waals surface area contributed by atoms with Crippen LogP contribution in [0.2, 0.25) is 5.02 Å². The average Bonchev–Trinajstić information content (AvgIpc) is 2.93. The molecule has 0 radical (unpaired) electrons. The fraction of sp³-hybridized carbons (Fsp3) is 0.333. The van der Waals surface area contributed by atoms with Crippen molar-refractivity contribution in [2.24, 2.45) is 0 Å². The Labute approximate surface area is 249 Å². The van der Waals surface area contributed by atoms with Crippen molar-refractivity contribution in [3.63, 3.8) is 0 Å². The van der Waals surface area contributed by atoms with Gasteiger partial charge >= 0.3 is 6.18 Å². The number of unbranched alkanes of at least 4 members (excludes halogenated alkanes) is 1. The Morgan fingerprint density at radius 3 is 2.24 bits per heavy atom. The normalized spacial score (nSPS) is 12.4. The van der Waals surface area contributed by atoms with Gasteiger partial charge in [-0.2, -0.15) is 13.2 Å². The lowest BCUT2D eigenvalue weighted by atomic mass is 10.0. The Morgan fingerprint density at radius 1 is 0.952 bits per heavy atom. The molecule has 0 unspecified atom stereocenters. The van der Waals surface area contributed by atoms with Gasteiger partial charge in [-0.15, -0.1) is 0 Å². The molecule has 1 N–H and O–H groups in total. The van der Waals surface area contributed by atoms with Gasteiger partial charge in [0.25, 0.3) is 0 Å². The van der Waals surface area contributed by atoms with Crippen molar-refractivity contribution >= 4 is 39.1 Å². The molecule has 0 aliphatic carbocycles. The van der Waals surface area contributed by atoms with Crippen LogP contribution in [0.25, 0.3) is 0 Å². The van der Waals surface area contributed by atoms with E-state index >= 15 is 0 Å². The first-order chi connectivity index (χ1) is 19.8. The predicted molar refractivity (Wildman–Crippen MR) is 157 cm³/mol. The van der Waals surface area contributed by atoms with Gasteiger partial charge < -0.3 is 10.2 Å². The Bertz CT molecular complexity index is 1470. The highest BCUT2D eigenvalue weighted by atomic mass is 35.5. The van der Waals surface area contributed by atoms with E-state index in [0.717, 1.165) is 30.4 Å². The van der Waals surface area contributed by atoms with Gasteiger partial charge in [0.05, 0.1) is 17.5 Å². The maximum Gasteiger partial charge on any atom is 0.416 e. The third kappa shape index (κ3) is 9.49. The molecule has 3 rings (SSSR count). The van der Waals surface area contributed by atoms with E-state index in [9.17, 15) is 31.2 Å². The topological polar surface area (TPSA) is 86.8 Å². The molecule has 0 saturated heterocycles. The Kier molecular flexibility index (Phi) is 11.4. The molecule has 0 aliphatic rings. The van der Waals surface area contributed by atoms with Gasteiger partial charge in [0.15, 0.2) is 0 Å². The van der Waals surface area contributed by atoms with Crippen molar-refractivity contribution in [1.29, 1.82) is 0 Å². The summed E-state index contributed by atoms with van der Waals surface area (Å²) in [5.74, 6) is -1.21. The fourth-order valence-corrected chi connectivity index (χ4v) is 5.40. The molecule has 1 atom stereocenters. The molecule has 42 heavy (non-hydrogen) atoms. The van der Waals surface area contributed by atoms with Crippen LogP contribution in [0.3, 0.4) is 0 Å². The van der Waals surface area contributed by atoms with E-state index in [1.165, 1.54) is 11.0 Å². The highest BCUT2D eigenvalue weighted by Gasteiger charge is 2.35. The largest absolute Gasteiger partial charge is 0.416 e. The molecule has 0 aromatic heterocycles. The molecule has 7 nitrogen and oxygen atoms in total. The second-order valence-electron chi connectivity index (χ2n) is 9.82. The third-order valence-electron chi connectivity index (χ3n) is 6.48. The van der Waals surface area contributed by atoms with Gasteiger partial charge in [0.2, 0.25) is 21.8 Å². The highest BCUT2D eigenvalue weighted by Crippen LogP contribution is 2.32. The molecule has 3 aromatic rings. The molecule has 12 heteroatoms. The monoisotopic (exact) mass is 623 g/mol. The number of sulfonamides is 1. The first-order valence-corrected chi connectivity index (χ1v) is 15.5. The zero-order chi connectivity index (χ0) is 30.9. The van der Waals surface area contributed by atoms with E-state index in [4.69, 9.17) is 11.6 Å². The zero-order valence-corrected chi connectivity index (χ0v) is 24.8. The smallest absolute Gasteiger partial charge is 0.354 e. The molecule has 0 saturated carbocycles. The van der Waals surface area contributed by atoms with Crippen molar-refractivity contribution in [2.75, 3.05) is 23.7 Å². The standard InChI is InChI=1S/C30H33ClF3N3O4S/c1-3-4-16-35-29(39)27(18-22-10-6-5-7-11-22)36(20-23-12-8-14-25(31)17-23)28(38)21-37(42(2,40)41)26-15-9-13-24(19-26)30(32,33)34/h5-15,17,19,27H,3-4,16,18,20-21H2,1-2H3,(H,35,39)/t27-/m0/s1. The highest BCUT2D eigenvalue weighted by molar-refractivity contribution is 7.92. The third-order valence-corrected chi connectivity index (χ3v) is 7.86.